The minimum Gasteiger partial charge on any atom is -0.504 e. The summed E-state index contributed by atoms with van der Waals surface area (Å²) in [5.41, 5.74) is 5.84. The van der Waals surface area contributed by atoms with Gasteiger partial charge in [0, 0.05) is 0 Å². The smallest absolute Gasteiger partial charge is 0.294 e. The molecule has 0 saturated heterocycles. The topological polar surface area (TPSA) is 105 Å². The third-order valence-corrected chi connectivity index (χ3v) is 4.66. The first-order valence-corrected chi connectivity index (χ1v) is 9.92. The van der Waals surface area contributed by atoms with Gasteiger partial charge in [0.25, 0.3) is 11.8 Å². The van der Waals surface area contributed by atoms with Crippen LogP contribution in [0.1, 0.15) is 26.4 Å². The highest BCUT2D eigenvalue weighted by molar-refractivity contribution is 6.00. The fourth-order valence-electron chi connectivity index (χ4n) is 3.00. The quantitative estimate of drug-likeness (QED) is 0.394. The van der Waals surface area contributed by atoms with Crippen LogP contribution in [0.3, 0.4) is 0 Å². The number of hydrogen-bond acceptors (Lipinski definition) is 5. The second-order valence-corrected chi connectivity index (χ2v) is 6.96. The molecule has 4 rings (SSSR count). The van der Waals surface area contributed by atoms with E-state index in [1.165, 1.54) is 29.1 Å². The van der Waals surface area contributed by atoms with Crippen LogP contribution >= 0.6 is 0 Å². The van der Waals surface area contributed by atoms with Crippen molar-refractivity contribution in [3.05, 3.63) is 108 Å². The number of para-hydroxylation sites is 2. The molecular weight excluding hydrogens is 427 g/mol. The number of carbonyl (C=O) groups is 2. The summed E-state index contributed by atoms with van der Waals surface area (Å²) in [5, 5.41) is 14.2. The molecule has 9 heteroatoms. The second-order valence-electron chi connectivity index (χ2n) is 6.96. The zero-order valence-electron chi connectivity index (χ0n) is 17.2. The van der Waals surface area contributed by atoms with E-state index in [1.807, 2.05) is 6.07 Å². The van der Waals surface area contributed by atoms with Crippen molar-refractivity contribution in [1.29, 1.82) is 0 Å². The molecular formula is C24H19FN4O4. The van der Waals surface area contributed by atoms with Gasteiger partial charge < -0.3 is 9.84 Å². The number of hydrogen-bond donors (Lipinski definition) is 3. The van der Waals surface area contributed by atoms with Gasteiger partial charge in [0.05, 0.1) is 17.4 Å². The van der Waals surface area contributed by atoms with Gasteiger partial charge in [-0.3, -0.25) is 20.4 Å². The molecule has 3 aromatic carbocycles. The summed E-state index contributed by atoms with van der Waals surface area (Å²) in [6.45, 7) is 0.127. The second kappa shape index (κ2) is 9.65. The van der Waals surface area contributed by atoms with E-state index in [4.69, 9.17) is 4.74 Å². The van der Waals surface area contributed by atoms with Gasteiger partial charge in [-0.15, -0.1) is 0 Å². The van der Waals surface area contributed by atoms with Crippen LogP contribution < -0.4 is 15.6 Å². The van der Waals surface area contributed by atoms with Crippen molar-refractivity contribution in [1.82, 2.24) is 20.6 Å². The van der Waals surface area contributed by atoms with Crippen molar-refractivity contribution in [2.45, 2.75) is 6.61 Å². The van der Waals surface area contributed by atoms with Crippen molar-refractivity contribution < 1.29 is 23.8 Å². The molecule has 2 amide bonds. The average Bonchev–Trinajstić information content (AvgIpc) is 3.24. The highest BCUT2D eigenvalue weighted by Gasteiger charge is 2.19. The first kappa shape index (κ1) is 21.6. The maximum atomic E-state index is 13.1. The normalized spacial score (nSPS) is 10.5. The van der Waals surface area contributed by atoms with E-state index in [-0.39, 0.29) is 35.2 Å². The molecule has 166 valence electrons. The number of nitrogens with zero attached hydrogens (tertiary/aromatic N) is 2. The van der Waals surface area contributed by atoms with Crippen LogP contribution in [0, 0.1) is 5.82 Å². The summed E-state index contributed by atoms with van der Waals surface area (Å²) >= 11 is 0. The molecule has 3 N–H and O–H groups in total. The minimum atomic E-state index is -0.791. The van der Waals surface area contributed by atoms with E-state index in [1.54, 1.807) is 54.6 Å². The van der Waals surface area contributed by atoms with Crippen LogP contribution in [0.4, 0.5) is 4.39 Å². The minimum absolute atomic E-state index is 0.127. The highest BCUT2D eigenvalue weighted by atomic mass is 19.1. The van der Waals surface area contributed by atoms with Crippen LogP contribution in [-0.2, 0) is 6.61 Å². The predicted octanol–water partition coefficient (Wildman–Crippen LogP) is 3.37. The third-order valence-electron chi connectivity index (χ3n) is 4.66. The number of carbonyl (C=O) groups excluding carboxylic acids is 2. The first-order chi connectivity index (χ1) is 16.0. The Labute approximate surface area is 188 Å². The first-order valence-electron chi connectivity index (χ1n) is 9.92. The number of halogens is 1. The zero-order chi connectivity index (χ0) is 23.2. The lowest BCUT2D eigenvalue weighted by molar-refractivity contribution is 0.0839. The number of amides is 2. The van der Waals surface area contributed by atoms with Crippen molar-refractivity contribution in [3.8, 4) is 17.2 Å². The SMILES string of the molecule is O=C(NNC(=O)c1nn(-c2ccccc2)cc1O)c1ccccc1OCc1ccc(F)cc1. The monoisotopic (exact) mass is 446 g/mol. The molecule has 1 heterocycles. The fourth-order valence-corrected chi connectivity index (χ4v) is 3.00. The number of rotatable bonds is 6. The van der Waals surface area contributed by atoms with Gasteiger partial charge in [0.1, 0.15) is 18.2 Å². The molecule has 0 aliphatic rings. The summed E-state index contributed by atoms with van der Waals surface area (Å²) in [7, 11) is 0. The molecule has 0 fully saturated rings. The highest BCUT2D eigenvalue weighted by Crippen LogP contribution is 2.20. The lowest BCUT2D eigenvalue weighted by atomic mass is 10.2. The van der Waals surface area contributed by atoms with E-state index in [0.29, 0.717) is 5.69 Å². The summed E-state index contributed by atoms with van der Waals surface area (Å²) in [5.74, 6) is -1.83. The number of benzene rings is 3. The maximum absolute atomic E-state index is 13.1. The molecule has 33 heavy (non-hydrogen) atoms. The molecule has 0 radical (unpaired) electrons. The Hall–Kier alpha value is -4.66. The molecule has 0 bridgehead atoms. The van der Waals surface area contributed by atoms with Gasteiger partial charge >= 0.3 is 0 Å². The molecule has 0 spiro atoms. The van der Waals surface area contributed by atoms with Gasteiger partial charge in [0.2, 0.25) is 0 Å². The van der Waals surface area contributed by atoms with Crippen molar-refractivity contribution in [2.24, 2.45) is 0 Å². The van der Waals surface area contributed by atoms with E-state index < -0.39 is 11.8 Å². The maximum Gasteiger partial charge on any atom is 0.294 e. The van der Waals surface area contributed by atoms with E-state index in [0.717, 1.165) is 5.56 Å². The van der Waals surface area contributed by atoms with Crippen LogP contribution in [-0.4, -0.2) is 26.7 Å². The predicted molar refractivity (Wildman–Crippen MR) is 117 cm³/mol. The van der Waals surface area contributed by atoms with Gasteiger partial charge in [-0.2, -0.15) is 5.10 Å². The molecule has 0 saturated carbocycles. The number of ether oxygens (including phenoxy) is 1. The molecule has 0 atom stereocenters. The van der Waals surface area contributed by atoms with Gasteiger partial charge in [-0.25, -0.2) is 9.07 Å². The Morgan fingerprint density at radius 1 is 0.909 bits per heavy atom. The van der Waals surface area contributed by atoms with Crippen molar-refractivity contribution in [2.75, 3.05) is 0 Å². The summed E-state index contributed by atoms with van der Waals surface area (Å²) in [4.78, 5) is 25.1. The summed E-state index contributed by atoms with van der Waals surface area (Å²) in [6.07, 6.45) is 1.30. The molecule has 0 unspecified atom stereocenters. The zero-order valence-corrected chi connectivity index (χ0v) is 17.2. The molecule has 1 aromatic heterocycles. The number of aromatic nitrogens is 2. The number of aromatic hydroxyl groups is 1. The van der Waals surface area contributed by atoms with Gasteiger partial charge in [0.15, 0.2) is 11.4 Å². The van der Waals surface area contributed by atoms with Gasteiger partial charge in [-0.1, -0.05) is 42.5 Å². The van der Waals surface area contributed by atoms with E-state index >= 15 is 0 Å². The Bertz CT molecular complexity index is 1270. The lowest BCUT2D eigenvalue weighted by Crippen LogP contribution is -2.42. The van der Waals surface area contributed by atoms with Crippen LogP contribution in [0.5, 0.6) is 11.5 Å². The fraction of sp³-hybridized carbons (Fsp3) is 0.0417. The number of nitrogens with one attached hydrogen (secondary N) is 2. The third kappa shape index (κ3) is 5.16. The molecule has 4 aromatic rings. The van der Waals surface area contributed by atoms with Crippen molar-refractivity contribution in [3.63, 3.8) is 0 Å². The standard InChI is InChI=1S/C24H19FN4O4/c25-17-12-10-16(11-13-17)15-33-21-9-5-4-8-19(21)23(31)26-27-24(32)22-20(30)14-29(28-22)18-6-2-1-3-7-18/h1-14,30H,15H2,(H,26,31)(H,27,32). The molecule has 0 aliphatic carbocycles. The van der Waals surface area contributed by atoms with E-state index in [9.17, 15) is 19.1 Å². The Morgan fingerprint density at radius 2 is 1.58 bits per heavy atom. The van der Waals surface area contributed by atoms with Crippen LogP contribution in [0.15, 0.2) is 85.1 Å². The number of hydrazine groups is 1. The summed E-state index contributed by atoms with van der Waals surface area (Å²) < 4.78 is 20.1. The lowest BCUT2D eigenvalue weighted by Gasteiger charge is -2.12. The molecule has 0 aliphatic heterocycles. The van der Waals surface area contributed by atoms with Gasteiger partial charge in [-0.05, 0) is 42.0 Å². The van der Waals surface area contributed by atoms with Crippen molar-refractivity contribution >= 4 is 11.8 Å². The largest absolute Gasteiger partial charge is 0.504 e. The Kier molecular flexibility index (Phi) is 6.31. The Morgan fingerprint density at radius 3 is 2.33 bits per heavy atom. The summed E-state index contributed by atoms with van der Waals surface area (Å²) in [6, 6.07) is 21.2. The van der Waals surface area contributed by atoms with Crippen LogP contribution in [0.25, 0.3) is 5.69 Å². The Balaban J connectivity index is 1.40. The van der Waals surface area contributed by atoms with Crippen LogP contribution in [0.2, 0.25) is 0 Å². The average molecular weight is 446 g/mol. The van der Waals surface area contributed by atoms with E-state index in [2.05, 4.69) is 16.0 Å². The molecule has 8 nitrogen and oxygen atoms in total.